The second-order valence-electron chi connectivity index (χ2n) is 8.99. The van der Waals surface area contributed by atoms with Crippen molar-refractivity contribution >= 4 is 17.6 Å². The molecule has 1 saturated heterocycles. The average molecular weight is 518 g/mol. The highest BCUT2D eigenvalue weighted by molar-refractivity contribution is 6.13. The second kappa shape index (κ2) is 11.3. The maximum absolute atomic E-state index is 13.2. The number of hydrogen-bond donors (Lipinski definition) is 4. The Balaban J connectivity index is 1.29. The van der Waals surface area contributed by atoms with Crippen LogP contribution in [0.25, 0.3) is 0 Å². The number of nitrogens with zero attached hydrogens (tertiary/aromatic N) is 2. The summed E-state index contributed by atoms with van der Waals surface area (Å²) in [5.74, 6) is -0.720. The number of phenols is 1. The van der Waals surface area contributed by atoms with Gasteiger partial charge in [-0.2, -0.15) is 0 Å². The summed E-state index contributed by atoms with van der Waals surface area (Å²) in [5.41, 5.74) is 0.913. The number of ether oxygens (including phenoxy) is 2. The van der Waals surface area contributed by atoms with Crippen molar-refractivity contribution in [3.63, 3.8) is 0 Å². The highest BCUT2D eigenvalue weighted by atomic mass is 16.6. The topological polar surface area (TPSA) is 152 Å². The Morgan fingerprint density at radius 2 is 1.68 bits per heavy atom. The monoisotopic (exact) mass is 517 g/mol. The predicted molar refractivity (Wildman–Crippen MR) is 136 cm³/mol. The number of phenolic OH excluding ortho intramolecular Hbond substituents is 1. The normalized spacial score (nSPS) is 18.6. The van der Waals surface area contributed by atoms with Crippen LogP contribution in [0.15, 0.2) is 55.0 Å². The molecule has 0 bridgehead atoms. The number of aromatic nitrogens is 2. The molecule has 2 aliphatic rings. The minimum Gasteiger partial charge on any atom is -0.507 e. The van der Waals surface area contributed by atoms with Crippen molar-refractivity contribution in [2.24, 2.45) is 0 Å². The van der Waals surface area contributed by atoms with Crippen molar-refractivity contribution in [3.8, 4) is 17.2 Å². The molecule has 4 N–H and O–H groups in total. The number of carbonyl (C=O) groups is 3. The standard InChI is InChI=1S/C27H27N5O6/c33-21-7-8-22-25(38-13-12-37-22)23(21)24(34)16-3-5-17(6-4-16)26(35)31-18-2-1-10-28-14-20(18)32-27(36)19-9-11-29-15-30-19/h3-9,11,15,18,20,28,33H,1-2,10,12-14H2,(H,31,35)(H,32,36)/t18-,20-/m1/s1. The zero-order chi connectivity index (χ0) is 26.5. The number of hydrogen-bond acceptors (Lipinski definition) is 9. The maximum atomic E-state index is 13.2. The van der Waals surface area contributed by atoms with Gasteiger partial charge < -0.3 is 30.5 Å². The van der Waals surface area contributed by atoms with Crippen LogP contribution in [0.3, 0.4) is 0 Å². The van der Waals surface area contributed by atoms with E-state index in [2.05, 4.69) is 25.9 Å². The minimum atomic E-state index is -0.445. The van der Waals surface area contributed by atoms with E-state index in [9.17, 15) is 19.5 Å². The number of benzene rings is 2. The van der Waals surface area contributed by atoms with E-state index in [0.717, 1.165) is 13.0 Å². The fourth-order valence-corrected chi connectivity index (χ4v) is 4.53. The molecule has 0 aliphatic carbocycles. The Bertz CT molecular complexity index is 1330. The van der Waals surface area contributed by atoms with Crippen molar-refractivity contribution < 1.29 is 29.0 Å². The summed E-state index contributed by atoms with van der Waals surface area (Å²) in [4.78, 5) is 46.7. The van der Waals surface area contributed by atoms with Crippen LogP contribution >= 0.6 is 0 Å². The number of fused-ring (bicyclic) bond motifs is 1. The van der Waals surface area contributed by atoms with Gasteiger partial charge in [0.15, 0.2) is 11.5 Å². The maximum Gasteiger partial charge on any atom is 0.270 e. The van der Waals surface area contributed by atoms with Gasteiger partial charge in [-0.25, -0.2) is 9.97 Å². The molecular formula is C27H27N5O6. The lowest BCUT2D eigenvalue weighted by molar-refractivity contribution is 0.0880. The average Bonchev–Trinajstić information content (AvgIpc) is 3.17. The Labute approximate surface area is 218 Å². The number of carbonyl (C=O) groups excluding carboxylic acids is 3. The summed E-state index contributed by atoms with van der Waals surface area (Å²) in [7, 11) is 0. The summed E-state index contributed by atoms with van der Waals surface area (Å²) in [6.07, 6.45) is 4.30. The molecule has 3 aromatic rings. The third kappa shape index (κ3) is 5.42. The summed E-state index contributed by atoms with van der Waals surface area (Å²) in [5, 5.41) is 19.6. The first kappa shape index (κ1) is 25.2. The summed E-state index contributed by atoms with van der Waals surface area (Å²) in [6, 6.07) is 9.98. The van der Waals surface area contributed by atoms with E-state index in [0.29, 0.717) is 30.9 Å². The molecule has 2 aromatic carbocycles. The van der Waals surface area contributed by atoms with Crippen LogP contribution in [0.5, 0.6) is 17.2 Å². The zero-order valence-electron chi connectivity index (χ0n) is 20.5. The quantitative estimate of drug-likeness (QED) is 0.356. The molecule has 0 unspecified atom stereocenters. The van der Waals surface area contributed by atoms with Crippen LogP contribution in [0.1, 0.15) is 49.6 Å². The number of amides is 2. The third-order valence-corrected chi connectivity index (χ3v) is 6.49. The first-order valence-electron chi connectivity index (χ1n) is 12.4. The summed E-state index contributed by atoms with van der Waals surface area (Å²) < 4.78 is 11.1. The number of ketones is 1. The smallest absolute Gasteiger partial charge is 0.270 e. The van der Waals surface area contributed by atoms with Gasteiger partial charge in [0.2, 0.25) is 5.78 Å². The summed E-state index contributed by atoms with van der Waals surface area (Å²) >= 11 is 0. The summed E-state index contributed by atoms with van der Waals surface area (Å²) in [6.45, 7) is 1.89. The largest absolute Gasteiger partial charge is 0.507 e. The molecule has 11 heteroatoms. The Morgan fingerprint density at radius 3 is 2.47 bits per heavy atom. The SMILES string of the molecule is O=C(N[C@@H]1CCCNC[C@H]1NC(=O)c1ccncn1)c1ccc(C(=O)c2c(O)ccc3c2OCCO3)cc1. The van der Waals surface area contributed by atoms with Crippen LogP contribution in [0.4, 0.5) is 0 Å². The number of rotatable bonds is 6. The number of aromatic hydroxyl groups is 1. The molecule has 0 radical (unpaired) electrons. The van der Waals surface area contributed by atoms with E-state index in [1.165, 1.54) is 36.8 Å². The Hall–Kier alpha value is -4.51. The molecule has 2 atom stereocenters. The van der Waals surface area contributed by atoms with Crippen LogP contribution in [-0.4, -0.2) is 71.1 Å². The van der Waals surface area contributed by atoms with Gasteiger partial charge in [0.1, 0.15) is 36.5 Å². The first-order chi connectivity index (χ1) is 18.5. The lowest BCUT2D eigenvalue weighted by atomic mass is 9.99. The lowest BCUT2D eigenvalue weighted by Gasteiger charge is -2.27. The van der Waals surface area contributed by atoms with Gasteiger partial charge in [-0.3, -0.25) is 14.4 Å². The van der Waals surface area contributed by atoms with E-state index in [4.69, 9.17) is 9.47 Å². The van der Waals surface area contributed by atoms with Crippen molar-refractivity contribution in [1.82, 2.24) is 25.9 Å². The second-order valence-corrected chi connectivity index (χ2v) is 8.99. The molecule has 196 valence electrons. The van der Waals surface area contributed by atoms with Gasteiger partial charge in [-0.1, -0.05) is 12.1 Å². The molecule has 11 nitrogen and oxygen atoms in total. The molecule has 0 spiro atoms. The number of nitrogens with one attached hydrogen (secondary N) is 3. The molecule has 1 aromatic heterocycles. The van der Waals surface area contributed by atoms with E-state index < -0.39 is 5.78 Å². The van der Waals surface area contributed by atoms with Crippen molar-refractivity contribution in [2.75, 3.05) is 26.3 Å². The molecule has 2 amide bonds. The van der Waals surface area contributed by atoms with Crippen molar-refractivity contribution in [2.45, 2.75) is 24.9 Å². The third-order valence-electron chi connectivity index (χ3n) is 6.49. The minimum absolute atomic E-state index is 0.0210. The highest BCUT2D eigenvalue weighted by Gasteiger charge is 2.28. The first-order valence-corrected chi connectivity index (χ1v) is 12.4. The van der Waals surface area contributed by atoms with Gasteiger partial charge in [-0.15, -0.1) is 0 Å². The predicted octanol–water partition coefficient (Wildman–Crippen LogP) is 1.46. The van der Waals surface area contributed by atoms with Crippen LogP contribution in [-0.2, 0) is 0 Å². The Morgan fingerprint density at radius 1 is 0.921 bits per heavy atom. The molecule has 38 heavy (non-hydrogen) atoms. The van der Waals surface area contributed by atoms with Gasteiger partial charge in [-0.05, 0) is 49.7 Å². The van der Waals surface area contributed by atoms with Crippen LogP contribution in [0.2, 0.25) is 0 Å². The highest BCUT2D eigenvalue weighted by Crippen LogP contribution is 2.40. The molecule has 2 aliphatic heterocycles. The van der Waals surface area contributed by atoms with Gasteiger partial charge in [0.05, 0.1) is 12.1 Å². The van der Waals surface area contributed by atoms with Crippen molar-refractivity contribution in [1.29, 1.82) is 0 Å². The fourth-order valence-electron chi connectivity index (χ4n) is 4.53. The molecule has 1 fully saturated rings. The molecular weight excluding hydrogens is 490 g/mol. The Kier molecular flexibility index (Phi) is 7.45. The van der Waals surface area contributed by atoms with E-state index >= 15 is 0 Å². The van der Waals surface area contributed by atoms with Crippen molar-refractivity contribution in [3.05, 3.63) is 77.4 Å². The van der Waals surface area contributed by atoms with Crippen LogP contribution < -0.4 is 25.4 Å². The van der Waals surface area contributed by atoms with Gasteiger partial charge in [0.25, 0.3) is 11.8 Å². The lowest BCUT2D eigenvalue weighted by Crippen LogP contribution is -2.54. The molecule has 5 rings (SSSR count). The zero-order valence-corrected chi connectivity index (χ0v) is 20.5. The van der Waals surface area contributed by atoms with Gasteiger partial charge in [0, 0.05) is 23.9 Å². The van der Waals surface area contributed by atoms with E-state index in [1.54, 1.807) is 18.2 Å². The fraction of sp³-hybridized carbons (Fsp3) is 0.296. The van der Waals surface area contributed by atoms with Crippen LogP contribution in [0, 0.1) is 0 Å². The molecule has 3 heterocycles. The molecule has 0 saturated carbocycles. The van der Waals surface area contributed by atoms with E-state index in [-0.39, 0.29) is 58.8 Å². The van der Waals surface area contributed by atoms with Gasteiger partial charge >= 0.3 is 0 Å². The van der Waals surface area contributed by atoms with E-state index in [1.807, 2.05) is 0 Å².